The van der Waals surface area contributed by atoms with Crippen LogP contribution in [0.2, 0.25) is 0 Å². The largest absolute Gasteiger partial charge is 0.462 e. The predicted molar refractivity (Wildman–Crippen MR) is 90.2 cm³/mol. The molecule has 2 aliphatic heterocycles. The number of anilines is 1. The summed E-state index contributed by atoms with van der Waals surface area (Å²) in [5.74, 6) is 1.72. The highest BCUT2D eigenvalue weighted by atomic mass is 16.3. The molecule has 4 heteroatoms. The monoisotopic (exact) mass is 308 g/mol. The molecule has 118 valence electrons. The first-order valence-electron chi connectivity index (χ1n) is 7.88. The van der Waals surface area contributed by atoms with Crippen molar-refractivity contribution in [2.24, 2.45) is 0 Å². The number of aryl methyl sites for hydroxylation is 1. The molecule has 0 bridgehead atoms. The number of hydrogen-bond acceptors (Lipinski definition) is 3. The zero-order chi connectivity index (χ0) is 16.2. The van der Waals surface area contributed by atoms with Crippen LogP contribution in [0.25, 0.3) is 6.08 Å². The molecule has 4 nitrogen and oxygen atoms in total. The molecule has 0 aliphatic carbocycles. The number of rotatable bonds is 2. The van der Waals surface area contributed by atoms with Crippen LogP contribution in [-0.2, 0) is 10.2 Å². The number of fused-ring (bicyclic) bond motifs is 3. The van der Waals surface area contributed by atoms with Crippen molar-refractivity contribution >= 4 is 17.7 Å². The maximum atomic E-state index is 12.2. The Labute approximate surface area is 135 Å². The minimum atomic E-state index is -0.561. The molecule has 2 aromatic rings. The second-order valence-electron chi connectivity index (χ2n) is 6.82. The lowest BCUT2D eigenvalue weighted by Crippen LogP contribution is -2.58. The SMILES string of the molecule is Cc1ccc(/C=C/[C@]23NC(=O)CN2c2ccccc2C3(C)C)o1. The maximum Gasteiger partial charge on any atom is 0.241 e. The van der Waals surface area contributed by atoms with Crippen molar-refractivity contribution in [2.75, 3.05) is 11.4 Å². The van der Waals surface area contributed by atoms with E-state index in [2.05, 4.69) is 48.3 Å². The van der Waals surface area contributed by atoms with Gasteiger partial charge in [-0.2, -0.15) is 0 Å². The van der Waals surface area contributed by atoms with Gasteiger partial charge in [0.05, 0.1) is 6.54 Å². The van der Waals surface area contributed by atoms with Gasteiger partial charge < -0.3 is 14.6 Å². The van der Waals surface area contributed by atoms with E-state index in [1.165, 1.54) is 5.56 Å². The Kier molecular flexibility index (Phi) is 2.77. The van der Waals surface area contributed by atoms with Gasteiger partial charge in [-0.05, 0) is 42.8 Å². The minimum absolute atomic E-state index is 0.0489. The fourth-order valence-electron chi connectivity index (χ4n) is 3.89. The summed E-state index contributed by atoms with van der Waals surface area (Å²) in [5.41, 5.74) is 1.57. The van der Waals surface area contributed by atoms with Gasteiger partial charge in [0.25, 0.3) is 0 Å². The van der Waals surface area contributed by atoms with Crippen molar-refractivity contribution in [3.63, 3.8) is 0 Å². The van der Waals surface area contributed by atoms with Gasteiger partial charge in [-0.15, -0.1) is 0 Å². The van der Waals surface area contributed by atoms with Crippen LogP contribution in [0, 0.1) is 6.92 Å². The third-order valence-corrected chi connectivity index (χ3v) is 5.13. The quantitative estimate of drug-likeness (QED) is 0.926. The van der Waals surface area contributed by atoms with E-state index in [9.17, 15) is 4.79 Å². The molecule has 1 fully saturated rings. The van der Waals surface area contributed by atoms with Crippen LogP contribution in [-0.4, -0.2) is 18.1 Å². The second-order valence-corrected chi connectivity index (χ2v) is 6.82. The summed E-state index contributed by atoms with van der Waals surface area (Å²) in [6.45, 7) is 6.65. The Balaban J connectivity index is 1.84. The number of hydrogen-bond donors (Lipinski definition) is 1. The van der Waals surface area contributed by atoms with Crippen LogP contribution >= 0.6 is 0 Å². The minimum Gasteiger partial charge on any atom is -0.462 e. The van der Waals surface area contributed by atoms with Crippen LogP contribution in [0.5, 0.6) is 0 Å². The second kappa shape index (κ2) is 4.51. The number of nitrogens with zero attached hydrogens (tertiary/aromatic N) is 1. The molecular weight excluding hydrogens is 288 g/mol. The van der Waals surface area contributed by atoms with Crippen LogP contribution in [0.4, 0.5) is 5.69 Å². The Bertz CT molecular complexity index is 818. The molecule has 1 aromatic carbocycles. The molecule has 1 atom stereocenters. The van der Waals surface area contributed by atoms with E-state index in [1.54, 1.807) is 0 Å². The lowest BCUT2D eigenvalue weighted by Gasteiger charge is -2.40. The van der Waals surface area contributed by atoms with Gasteiger partial charge in [0, 0.05) is 11.1 Å². The molecule has 4 rings (SSSR count). The smallest absolute Gasteiger partial charge is 0.241 e. The fraction of sp³-hybridized carbons (Fsp3) is 0.316. The highest BCUT2D eigenvalue weighted by Gasteiger charge is 2.59. The van der Waals surface area contributed by atoms with Gasteiger partial charge in [-0.25, -0.2) is 0 Å². The number of furan rings is 1. The average molecular weight is 308 g/mol. The van der Waals surface area contributed by atoms with Crippen molar-refractivity contribution < 1.29 is 9.21 Å². The Hall–Kier alpha value is -2.49. The number of para-hydroxylation sites is 1. The maximum absolute atomic E-state index is 12.2. The summed E-state index contributed by atoms with van der Waals surface area (Å²) < 4.78 is 5.64. The van der Waals surface area contributed by atoms with Crippen LogP contribution < -0.4 is 10.2 Å². The molecule has 0 radical (unpaired) electrons. The van der Waals surface area contributed by atoms with E-state index >= 15 is 0 Å². The van der Waals surface area contributed by atoms with E-state index < -0.39 is 5.66 Å². The van der Waals surface area contributed by atoms with E-state index in [4.69, 9.17) is 4.42 Å². The Morgan fingerprint density at radius 2 is 2.00 bits per heavy atom. The number of amides is 1. The van der Waals surface area contributed by atoms with Crippen LogP contribution in [0.15, 0.2) is 46.9 Å². The van der Waals surface area contributed by atoms with Crippen molar-refractivity contribution in [1.29, 1.82) is 0 Å². The molecule has 1 amide bonds. The molecule has 0 spiro atoms. The Morgan fingerprint density at radius 3 is 2.74 bits per heavy atom. The van der Waals surface area contributed by atoms with Crippen LogP contribution in [0.3, 0.4) is 0 Å². The van der Waals surface area contributed by atoms with Gasteiger partial charge >= 0.3 is 0 Å². The molecule has 0 unspecified atom stereocenters. The lowest BCUT2D eigenvalue weighted by atomic mass is 9.75. The molecule has 1 N–H and O–H groups in total. The zero-order valence-electron chi connectivity index (χ0n) is 13.6. The highest BCUT2D eigenvalue weighted by molar-refractivity contribution is 5.91. The van der Waals surface area contributed by atoms with E-state index in [0.29, 0.717) is 6.54 Å². The first-order chi connectivity index (χ1) is 10.9. The van der Waals surface area contributed by atoms with Gasteiger partial charge in [-0.1, -0.05) is 32.0 Å². The number of carbonyl (C=O) groups is 1. The van der Waals surface area contributed by atoms with Crippen molar-refractivity contribution in [1.82, 2.24) is 5.32 Å². The number of benzene rings is 1. The average Bonchev–Trinajstić information content (AvgIpc) is 3.13. The first kappa shape index (κ1) is 14.1. The van der Waals surface area contributed by atoms with Crippen LogP contribution in [0.1, 0.15) is 30.9 Å². The topological polar surface area (TPSA) is 45.5 Å². The molecule has 1 saturated heterocycles. The highest BCUT2D eigenvalue weighted by Crippen LogP contribution is 2.52. The summed E-state index contributed by atoms with van der Waals surface area (Å²) in [7, 11) is 0. The van der Waals surface area contributed by atoms with Crippen molar-refractivity contribution in [2.45, 2.75) is 31.8 Å². The van der Waals surface area contributed by atoms with Crippen molar-refractivity contribution in [3.05, 3.63) is 59.6 Å². The standard InChI is InChI=1S/C19H20N2O2/c1-13-8-9-14(23-13)10-11-19-18(2,3)15-6-4-5-7-16(15)21(19)12-17(22)20-19/h4-11H,12H2,1-3H3,(H,20,22)/b11-10+/t19-/m0/s1. The van der Waals surface area contributed by atoms with E-state index in [1.807, 2.05) is 31.2 Å². The number of carbonyl (C=O) groups excluding carboxylic acids is 1. The third kappa shape index (κ3) is 1.81. The summed E-state index contributed by atoms with van der Waals surface area (Å²) in [4.78, 5) is 14.3. The normalized spacial score (nSPS) is 24.8. The molecule has 0 saturated carbocycles. The molecular formula is C19H20N2O2. The summed E-state index contributed by atoms with van der Waals surface area (Å²) in [5, 5.41) is 3.20. The van der Waals surface area contributed by atoms with E-state index in [0.717, 1.165) is 17.2 Å². The molecule has 2 aliphatic rings. The van der Waals surface area contributed by atoms with Gasteiger partial charge in [0.2, 0.25) is 5.91 Å². The number of nitrogens with one attached hydrogen (secondary N) is 1. The third-order valence-electron chi connectivity index (χ3n) is 5.13. The molecule has 1 aromatic heterocycles. The molecule has 3 heterocycles. The predicted octanol–water partition coefficient (Wildman–Crippen LogP) is 3.23. The molecule has 23 heavy (non-hydrogen) atoms. The Morgan fingerprint density at radius 1 is 1.22 bits per heavy atom. The van der Waals surface area contributed by atoms with Crippen molar-refractivity contribution in [3.8, 4) is 0 Å². The zero-order valence-corrected chi connectivity index (χ0v) is 13.6. The first-order valence-corrected chi connectivity index (χ1v) is 7.88. The summed E-state index contributed by atoms with van der Waals surface area (Å²) in [6, 6.07) is 12.2. The lowest BCUT2D eigenvalue weighted by molar-refractivity contribution is -0.118. The fourth-order valence-corrected chi connectivity index (χ4v) is 3.89. The van der Waals surface area contributed by atoms with E-state index in [-0.39, 0.29) is 11.3 Å². The van der Waals surface area contributed by atoms with Gasteiger partial charge in [0.15, 0.2) is 0 Å². The summed E-state index contributed by atoms with van der Waals surface area (Å²) in [6.07, 6.45) is 4.02. The van der Waals surface area contributed by atoms with Gasteiger partial charge in [0.1, 0.15) is 17.2 Å². The summed E-state index contributed by atoms with van der Waals surface area (Å²) >= 11 is 0. The van der Waals surface area contributed by atoms with Gasteiger partial charge in [-0.3, -0.25) is 4.79 Å².